The van der Waals surface area contributed by atoms with Crippen molar-refractivity contribution in [1.82, 2.24) is 14.3 Å². The van der Waals surface area contributed by atoms with Crippen LogP contribution in [0.4, 0.5) is 0 Å². The molecule has 1 aromatic heterocycles. The lowest BCUT2D eigenvalue weighted by atomic mass is 10.1. The van der Waals surface area contributed by atoms with Gasteiger partial charge in [-0.2, -0.15) is 5.26 Å². The zero-order valence-corrected chi connectivity index (χ0v) is 21.5. The summed E-state index contributed by atoms with van der Waals surface area (Å²) in [7, 11) is -3.27. The van der Waals surface area contributed by atoms with E-state index in [4.69, 9.17) is 14.5 Å². The van der Waals surface area contributed by atoms with E-state index in [2.05, 4.69) is 11.1 Å². The SMILES string of the molecule is N#Cc1cc(-c2ccnc(Cc3ccc(CS(=O)(=O)N4CCCC4)cc3)n2)ccc1OC1CCOCC1. The molecule has 192 valence electrons. The van der Waals surface area contributed by atoms with Crippen molar-refractivity contribution in [3.8, 4) is 23.1 Å². The monoisotopic (exact) mass is 518 g/mol. The molecule has 2 saturated heterocycles. The number of aromatic nitrogens is 2. The Balaban J connectivity index is 1.26. The van der Waals surface area contributed by atoms with E-state index in [-0.39, 0.29) is 11.9 Å². The fourth-order valence-corrected chi connectivity index (χ4v) is 6.31. The van der Waals surface area contributed by atoms with Gasteiger partial charge in [0.15, 0.2) is 0 Å². The summed E-state index contributed by atoms with van der Waals surface area (Å²) >= 11 is 0. The van der Waals surface area contributed by atoms with Crippen molar-refractivity contribution < 1.29 is 17.9 Å². The summed E-state index contributed by atoms with van der Waals surface area (Å²) in [5.74, 6) is 1.25. The second kappa shape index (κ2) is 11.4. The first-order chi connectivity index (χ1) is 18.0. The van der Waals surface area contributed by atoms with Crippen LogP contribution in [0.15, 0.2) is 54.7 Å². The van der Waals surface area contributed by atoms with Gasteiger partial charge in [-0.05, 0) is 48.2 Å². The summed E-state index contributed by atoms with van der Waals surface area (Å²) in [4.78, 5) is 9.13. The summed E-state index contributed by atoms with van der Waals surface area (Å²) < 4.78 is 38.2. The largest absolute Gasteiger partial charge is 0.489 e. The molecule has 0 unspecified atom stereocenters. The normalized spacial score (nSPS) is 16.9. The van der Waals surface area contributed by atoms with Crippen molar-refractivity contribution in [1.29, 1.82) is 5.26 Å². The number of benzene rings is 2. The van der Waals surface area contributed by atoms with Gasteiger partial charge < -0.3 is 9.47 Å². The number of hydrogen-bond acceptors (Lipinski definition) is 7. The minimum absolute atomic E-state index is 0.0225. The van der Waals surface area contributed by atoms with Gasteiger partial charge in [0, 0.05) is 44.1 Å². The van der Waals surface area contributed by atoms with E-state index >= 15 is 0 Å². The zero-order chi connectivity index (χ0) is 25.7. The van der Waals surface area contributed by atoms with E-state index in [1.165, 1.54) is 0 Å². The highest BCUT2D eigenvalue weighted by molar-refractivity contribution is 7.88. The van der Waals surface area contributed by atoms with Gasteiger partial charge in [0.1, 0.15) is 23.7 Å². The average molecular weight is 519 g/mol. The van der Waals surface area contributed by atoms with Crippen molar-refractivity contribution >= 4 is 10.0 Å². The van der Waals surface area contributed by atoms with Gasteiger partial charge in [-0.1, -0.05) is 24.3 Å². The predicted molar refractivity (Wildman–Crippen MR) is 139 cm³/mol. The van der Waals surface area contributed by atoms with E-state index < -0.39 is 10.0 Å². The average Bonchev–Trinajstić information content (AvgIpc) is 3.47. The summed E-state index contributed by atoms with van der Waals surface area (Å²) in [6.07, 6.45) is 5.79. The van der Waals surface area contributed by atoms with E-state index in [1.54, 1.807) is 16.6 Å². The summed E-state index contributed by atoms with van der Waals surface area (Å²) in [6, 6.07) is 17.2. The van der Waals surface area contributed by atoms with Crippen LogP contribution in [-0.4, -0.2) is 55.1 Å². The topological polar surface area (TPSA) is 105 Å². The molecule has 3 heterocycles. The van der Waals surface area contributed by atoms with Gasteiger partial charge in [-0.15, -0.1) is 0 Å². The Labute approximate surface area is 217 Å². The van der Waals surface area contributed by atoms with Crippen LogP contribution >= 0.6 is 0 Å². The summed E-state index contributed by atoms with van der Waals surface area (Å²) in [5, 5.41) is 9.70. The maximum absolute atomic E-state index is 12.6. The quantitative estimate of drug-likeness (QED) is 0.442. The van der Waals surface area contributed by atoms with Gasteiger partial charge in [-0.3, -0.25) is 0 Å². The van der Waals surface area contributed by atoms with Crippen LogP contribution in [0.25, 0.3) is 11.3 Å². The lowest BCUT2D eigenvalue weighted by molar-refractivity contribution is 0.0254. The highest BCUT2D eigenvalue weighted by atomic mass is 32.2. The third kappa shape index (κ3) is 6.34. The third-order valence-electron chi connectivity index (χ3n) is 6.76. The Bertz CT molecular complexity index is 1370. The lowest BCUT2D eigenvalue weighted by Gasteiger charge is -2.23. The fourth-order valence-electron chi connectivity index (χ4n) is 4.70. The van der Waals surface area contributed by atoms with Crippen LogP contribution in [0.1, 0.15) is 48.2 Å². The molecular weight excluding hydrogens is 488 g/mol. The molecule has 5 rings (SSSR count). The van der Waals surface area contributed by atoms with Gasteiger partial charge in [0.05, 0.1) is 30.2 Å². The highest BCUT2D eigenvalue weighted by Crippen LogP contribution is 2.28. The number of nitriles is 1. The van der Waals surface area contributed by atoms with Gasteiger partial charge >= 0.3 is 0 Å². The predicted octanol–water partition coefficient (Wildman–Crippen LogP) is 4.09. The molecule has 0 bridgehead atoms. The van der Waals surface area contributed by atoms with Crippen molar-refractivity contribution in [2.45, 2.75) is 44.0 Å². The molecule has 2 aliphatic heterocycles. The molecule has 9 heteroatoms. The molecular formula is C28H30N4O4S. The highest BCUT2D eigenvalue weighted by Gasteiger charge is 2.25. The van der Waals surface area contributed by atoms with Gasteiger partial charge in [0.2, 0.25) is 10.0 Å². The molecule has 0 radical (unpaired) electrons. The zero-order valence-electron chi connectivity index (χ0n) is 20.7. The third-order valence-corrected chi connectivity index (χ3v) is 8.61. The number of hydrogen-bond donors (Lipinski definition) is 0. The number of ether oxygens (including phenoxy) is 2. The molecule has 0 saturated carbocycles. The number of sulfonamides is 1. The van der Waals surface area contributed by atoms with Crippen LogP contribution in [0.2, 0.25) is 0 Å². The minimum Gasteiger partial charge on any atom is -0.489 e. The first-order valence-electron chi connectivity index (χ1n) is 12.7. The van der Waals surface area contributed by atoms with Crippen LogP contribution < -0.4 is 4.74 Å². The Morgan fingerprint density at radius 3 is 2.49 bits per heavy atom. The molecule has 2 aromatic carbocycles. The molecule has 0 atom stereocenters. The van der Waals surface area contributed by atoms with Crippen molar-refractivity contribution in [3.05, 3.63) is 77.2 Å². The summed E-state index contributed by atoms with van der Waals surface area (Å²) in [5.41, 5.74) is 3.80. The first kappa shape index (κ1) is 25.3. The van der Waals surface area contributed by atoms with Crippen LogP contribution in [0.3, 0.4) is 0 Å². The molecule has 8 nitrogen and oxygen atoms in total. The summed E-state index contributed by atoms with van der Waals surface area (Å²) in [6.45, 7) is 2.59. The minimum atomic E-state index is -3.27. The maximum Gasteiger partial charge on any atom is 0.218 e. The molecule has 0 amide bonds. The Morgan fingerprint density at radius 1 is 1.03 bits per heavy atom. The van der Waals surface area contributed by atoms with Gasteiger partial charge in [0.25, 0.3) is 0 Å². The molecule has 2 aliphatic rings. The Kier molecular flexibility index (Phi) is 7.79. The molecule has 0 spiro atoms. The second-order valence-corrected chi connectivity index (χ2v) is 11.4. The van der Waals surface area contributed by atoms with Crippen molar-refractivity contribution in [3.63, 3.8) is 0 Å². The van der Waals surface area contributed by atoms with E-state index in [0.717, 1.165) is 48.1 Å². The molecule has 37 heavy (non-hydrogen) atoms. The molecule has 2 fully saturated rings. The van der Waals surface area contributed by atoms with Crippen LogP contribution in [-0.2, 0) is 26.9 Å². The lowest BCUT2D eigenvalue weighted by Crippen LogP contribution is -2.29. The smallest absolute Gasteiger partial charge is 0.218 e. The van der Waals surface area contributed by atoms with Crippen LogP contribution in [0, 0.1) is 11.3 Å². The van der Waals surface area contributed by atoms with Crippen LogP contribution in [0.5, 0.6) is 5.75 Å². The number of rotatable bonds is 8. The molecule has 3 aromatic rings. The standard InChI is InChI=1S/C28H30N4O4S/c29-19-24-18-23(7-8-27(24)36-25-10-15-35-16-11-25)26-9-12-30-28(31-26)17-21-3-5-22(6-4-21)20-37(33,34)32-13-1-2-14-32/h3-9,12,18,25H,1-2,10-11,13-17,20H2. The van der Waals surface area contributed by atoms with Crippen molar-refractivity contribution in [2.75, 3.05) is 26.3 Å². The Hall–Kier alpha value is -3.32. The molecule has 0 aliphatic carbocycles. The maximum atomic E-state index is 12.6. The first-order valence-corrected chi connectivity index (χ1v) is 14.3. The van der Waals surface area contributed by atoms with E-state index in [1.807, 2.05) is 42.5 Å². The molecule has 0 N–H and O–H groups in total. The van der Waals surface area contributed by atoms with E-state index in [9.17, 15) is 13.7 Å². The fraction of sp³-hybridized carbons (Fsp3) is 0.393. The number of nitrogens with zero attached hydrogens (tertiary/aromatic N) is 4. The second-order valence-electron chi connectivity index (χ2n) is 9.47. The van der Waals surface area contributed by atoms with Crippen molar-refractivity contribution in [2.24, 2.45) is 0 Å². The van der Waals surface area contributed by atoms with E-state index in [0.29, 0.717) is 49.9 Å². The Morgan fingerprint density at radius 2 is 1.76 bits per heavy atom. The van der Waals surface area contributed by atoms with Gasteiger partial charge in [-0.25, -0.2) is 22.7 Å².